The van der Waals surface area contributed by atoms with Gasteiger partial charge in [0.25, 0.3) is 0 Å². The molecule has 0 bridgehead atoms. The van der Waals surface area contributed by atoms with Crippen LogP contribution in [0.5, 0.6) is 0 Å². The number of fused-ring (bicyclic) bond motifs is 1. The van der Waals surface area contributed by atoms with Gasteiger partial charge in [-0.25, -0.2) is 0 Å². The summed E-state index contributed by atoms with van der Waals surface area (Å²) in [6.45, 7) is 6.80. The highest BCUT2D eigenvalue weighted by molar-refractivity contribution is 7.17. The molecule has 76 valence electrons. The van der Waals surface area contributed by atoms with Crippen molar-refractivity contribution in [1.82, 2.24) is 0 Å². The Hall–Kier alpha value is -1.04. The van der Waals surface area contributed by atoms with Gasteiger partial charge in [-0.3, -0.25) is 0 Å². The summed E-state index contributed by atoms with van der Waals surface area (Å²) in [6.07, 6.45) is 0. The minimum Gasteiger partial charge on any atom is -0.144 e. The van der Waals surface area contributed by atoms with Gasteiger partial charge in [0.2, 0.25) is 0 Å². The van der Waals surface area contributed by atoms with Crippen molar-refractivity contribution in [2.24, 2.45) is 0 Å². The molecule has 0 saturated carbocycles. The van der Waals surface area contributed by atoms with Gasteiger partial charge in [-0.2, -0.15) is 0 Å². The number of hydrogen-bond donors (Lipinski definition) is 0. The lowest BCUT2D eigenvalue weighted by molar-refractivity contribution is 1.74. The SMILES string of the molecule is C[Si](C)(C)C#Cc1ccc2sccc2c1. The Bertz CT molecular complexity index is 535. The third-order valence-corrected chi connectivity index (χ3v) is 3.81. The second-order valence-electron chi connectivity index (χ2n) is 4.67. The highest BCUT2D eigenvalue weighted by atomic mass is 32.1. The molecular weight excluding hydrogens is 216 g/mol. The first kappa shape index (κ1) is 10.5. The molecule has 0 nitrogen and oxygen atoms in total. The Kier molecular flexibility index (Phi) is 2.68. The second kappa shape index (κ2) is 3.84. The van der Waals surface area contributed by atoms with Crippen molar-refractivity contribution in [3.63, 3.8) is 0 Å². The average molecular weight is 230 g/mol. The van der Waals surface area contributed by atoms with Crippen molar-refractivity contribution in [3.8, 4) is 11.5 Å². The minimum atomic E-state index is -1.25. The van der Waals surface area contributed by atoms with Crippen molar-refractivity contribution in [3.05, 3.63) is 35.2 Å². The molecule has 15 heavy (non-hydrogen) atoms. The van der Waals surface area contributed by atoms with Gasteiger partial charge in [-0.05, 0) is 35.0 Å². The van der Waals surface area contributed by atoms with E-state index in [0.29, 0.717) is 0 Å². The normalized spacial score (nSPS) is 11.1. The van der Waals surface area contributed by atoms with Gasteiger partial charge in [0.1, 0.15) is 8.07 Å². The highest BCUT2D eigenvalue weighted by Gasteiger charge is 2.07. The smallest absolute Gasteiger partial charge is 0.129 e. The standard InChI is InChI=1S/C13H14SSi/c1-15(2,3)9-7-11-4-5-13-12(10-11)6-8-14-13/h4-6,8,10H,1-3H3. The number of benzene rings is 1. The van der Waals surface area contributed by atoms with Crippen molar-refractivity contribution >= 4 is 29.5 Å². The fraction of sp³-hybridized carbons (Fsp3) is 0.231. The summed E-state index contributed by atoms with van der Waals surface area (Å²) >= 11 is 1.78. The molecule has 0 radical (unpaired) electrons. The number of thiophene rings is 1. The van der Waals surface area contributed by atoms with Crippen LogP contribution in [0.3, 0.4) is 0 Å². The average Bonchev–Trinajstić information content (AvgIpc) is 2.60. The van der Waals surface area contributed by atoms with Crippen LogP contribution >= 0.6 is 11.3 Å². The molecule has 1 heterocycles. The van der Waals surface area contributed by atoms with Crippen molar-refractivity contribution in [2.45, 2.75) is 19.6 Å². The molecule has 0 unspecified atom stereocenters. The van der Waals surface area contributed by atoms with Crippen LogP contribution in [0.4, 0.5) is 0 Å². The molecule has 1 aromatic heterocycles. The Balaban J connectivity index is 2.39. The molecule has 1 aromatic carbocycles. The van der Waals surface area contributed by atoms with Crippen LogP contribution < -0.4 is 0 Å². The fourth-order valence-corrected chi connectivity index (χ4v) is 2.59. The zero-order valence-corrected chi connectivity index (χ0v) is 11.1. The van der Waals surface area contributed by atoms with Gasteiger partial charge >= 0.3 is 0 Å². The first-order valence-corrected chi connectivity index (χ1v) is 9.43. The van der Waals surface area contributed by atoms with Gasteiger partial charge in [-0.15, -0.1) is 16.9 Å². The summed E-state index contributed by atoms with van der Waals surface area (Å²) in [5, 5.41) is 3.43. The lowest BCUT2D eigenvalue weighted by atomic mass is 10.2. The summed E-state index contributed by atoms with van der Waals surface area (Å²) in [5.74, 6) is 3.28. The summed E-state index contributed by atoms with van der Waals surface area (Å²) in [5.41, 5.74) is 4.53. The molecule has 0 aliphatic carbocycles. The predicted octanol–water partition coefficient (Wildman–Crippen LogP) is 4.13. The summed E-state index contributed by atoms with van der Waals surface area (Å²) in [4.78, 5) is 0. The van der Waals surface area contributed by atoms with Crippen LogP contribution in [-0.2, 0) is 0 Å². The van der Waals surface area contributed by atoms with Gasteiger partial charge in [0.15, 0.2) is 0 Å². The van der Waals surface area contributed by atoms with Gasteiger partial charge in [0.05, 0.1) is 0 Å². The molecule has 0 aliphatic heterocycles. The van der Waals surface area contributed by atoms with Crippen molar-refractivity contribution in [1.29, 1.82) is 0 Å². The molecule has 2 rings (SSSR count). The third-order valence-electron chi connectivity index (χ3n) is 2.03. The van der Waals surface area contributed by atoms with Crippen LogP contribution in [0.15, 0.2) is 29.6 Å². The van der Waals surface area contributed by atoms with E-state index in [0.717, 1.165) is 5.56 Å². The van der Waals surface area contributed by atoms with E-state index in [4.69, 9.17) is 0 Å². The molecule has 0 saturated heterocycles. The molecule has 0 fully saturated rings. The Morgan fingerprint density at radius 3 is 2.67 bits per heavy atom. The Morgan fingerprint density at radius 2 is 1.93 bits per heavy atom. The monoisotopic (exact) mass is 230 g/mol. The quantitative estimate of drug-likeness (QED) is 0.471. The van der Waals surface area contributed by atoms with E-state index in [9.17, 15) is 0 Å². The molecule has 0 spiro atoms. The Morgan fingerprint density at radius 1 is 1.13 bits per heavy atom. The molecule has 0 aliphatic rings. The molecule has 0 amide bonds. The lowest BCUT2D eigenvalue weighted by Crippen LogP contribution is -2.16. The van der Waals surface area contributed by atoms with Crippen molar-refractivity contribution < 1.29 is 0 Å². The Labute approximate surface area is 96.0 Å². The van der Waals surface area contributed by atoms with Crippen LogP contribution in [0, 0.1) is 11.5 Å². The van der Waals surface area contributed by atoms with Crippen LogP contribution in [0.25, 0.3) is 10.1 Å². The number of hydrogen-bond acceptors (Lipinski definition) is 1. The van der Waals surface area contributed by atoms with Gasteiger partial charge in [0, 0.05) is 10.3 Å². The van der Waals surface area contributed by atoms with E-state index < -0.39 is 8.07 Å². The molecule has 2 aromatic rings. The van der Waals surface area contributed by atoms with Gasteiger partial charge in [-0.1, -0.05) is 25.6 Å². The second-order valence-corrected chi connectivity index (χ2v) is 10.4. The van der Waals surface area contributed by atoms with E-state index >= 15 is 0 Å². The van der Waals surface area contributed by atoms with Crippen LogP contribution in [0.1, 0.15) is 5.56 Å². The summed E-state index contributed by atoms with van der Waals surface area (Å²) < 4.78 is 1.34. The molecule has 0 N–H and O–H groups in total. The van der Waals surface area contributed by atoms with Crippen LogP contribution in [-0.4, -0.2) is 8.07 Å². The zero-order chi connectivity index (χ0) is 10.9. The van der Waals surface area contributed by atoms with E-state index in [-0.39, 0.29) is 0 Å². The lowest BCUT2D eigenvalue weighted by Gasteiger charge is -2.03. The van der Waals surface area contributed by atoms with E-state index in [2.05, 4.69) is 60.8 Å². The first-order chi connectivity index (χ1) is 7.04. The topological polar surface area (TPSA) is 0 Å². The van der Waals surface area contributed by atoms with Gasteiger partial charge < -0.3 is 0 Å². The third kappa shape index (κ3) is 2.71. The maximum absolute atomic E-state index is 3.39. The minimum absolute atomic E-state index is 1.14. The zero-order valence-electron chi connectivity index (χ0n) is 9.29. The first-order valence-electron chi connectivity index (χ1n) is 5.05. The van der Waals surface area contributed by atoms with Crippen LogP contribution in [0.2, 0.25) is 19.6 Å². The molecule has 0 atom stereocenters. The van der Waals surface area contributed by atoms with E-state index in [1.807, 2.05) is 0 Å². The van der Waals surface area contributed by atoms with Crippen molar-refractivity contribution in [2.75, 3.05) is 0 Å². The fourth-order valence-electron chi connectivity index (χ4n) is 1.30. The van der Waals surface area contributed by atoms with E-state index in [1.54, 1.807) is 11.3 Å². The molecular formula is C13H14SSi. The molecule has 2 heteroatoms. The maximum Gasteiger partial charge on any atom is 0.129 e. The summed E-state index contributed by atoms with van der Waals surface area (Å²) in [7, 11) is -1.25. The predicted molar refractivity (Wildman–Crippen MR) is 72.0 cm³/mol. The largest absolute Gasteiger partial charge is 0.144 e. The highest BCUT2D eigenvalue weighted by Crippen LogP contribution is 2.21. The number of rotatable bonds is 0. The summed E-state index contributed by atoms with van der Waals surface area (Å²) in [6, 6.07) is 8.61. The maximum atomic E-state index is 3.39. The van der Waals surface area contributed by atoms with E-state index in [1.165, 1.54) is 10.1 Å².